The predicted molar refractivity (Wildman–Crippen MR) is 116 cm³/mol. The van der Waals surface area contributed by atoms with Gasteiger partial charge in [-0.2, -0.15) is 0 Å². The first kappa shape index (κ1) is 18.5. The van der Waals surface area contributed by atoms with Gasteiger partial charge in [-0.3, -0.25) is 10.1 Å². The van der Waals surface area contributed by atoms with Gasteiger partial charge in [0.2, 0.25) is 0 Å². The first-order chi connectivity index (χ1) is 14.2. The summed E-state index contributed by atoms with van der Waals surface area (Å²) < 4.78 is 1.99. The van der Waals surface area contributed by atoms with Gasteiger partial charge in [-0.1, -0.05) is 91.0 Å². The molecule has 0 spiro atoms. The van der Waals surface area contributed by atoms with E-state index in [0.717, 1.165) is 22.4 Å². The van der Waals surface area contributed by atoms with Crippen molar-refractivity contribution in [1.29, 1.82) is 0 Å². The number of anilines is 1. The number of rotatable bonds is 7. The molecule has 0 amide bonds. The summed E-state index contributed by atoms with van der Waals surface area (Å²) in [4.78, 5) is 11.5. The van der Waals surface area contributed by atoms with Crippen molar-refractivity contribution in [2.45, 2.75) is 13.1 Å². The summed E-state index contributed by atoms with van der Waals surface area (Å²) in [6.07, 6.45) is 0. The van der Waals surface area contributed by atoms with Gasteiger partial charge >= 0.3 is 5.69 Å². The normalized spacial score (nSPS) is 10.6. The van der Waals surface area contributed by atoms with Gasteiger partial charge in [0.1, 0.15) is 0 Å². The average molecular weight is 383 g/mol. The lowest BCUT2D eigenvalue weighted by molar-refractivity contribution is -0.383. The SMILES string of the molecule is O=[N+]([O-])c1cc(-c2ccccc2)n(Cc2ccccc2)c1NCc1ccccc1. The van der Waals surface area contributed by atoms with Gasteiger partial charge in [-0.25, -0.2) is 0 Å². The molecular formula is C24H21N3O2. The van der Waals surface area contributed by atoms with E-state index in [2.05, 4.69) is 5.32 Å². The highest BCUT2D eigenvalue weighted by Crippen LogP contribution is 2.36. The Morgan fingerprint density at radius 1 is 0.793 bits per heavy atom. The molecule has 0 fully saturated rings. The molecule has 1 aromatic heterocycles. The molecule has 5 heteroatoms. The van der Waals surface area contributed by atoms with Crippen molar-refractivity contribution in [3.8, 4) is 11.3 Å². The zero-order valence-corrected chi connectivity index (χ0v) is 15.9. The van der Waals surface area contributed by atoms with Crippen LogP contribution in [0.2, 0.25) is 0 Å². The lowest BCUT2D eigenvalue weighted by Crippen LogP contribution is -2.10. The van der Waals surface area contributed by atoms with Crippen LogP contribution in [0.4, 0.5) is 11.5 Å². The molecule has 0 saturated heterocycles. The fourth-order valence-electron chi connectivity index (χ4n) is 3.42. The second-order valence-corrected chi connectivity index (χ2v) is 6.80. The van der Waals surface area contributed by atoms with Crippen LogP contribution in [0.25, 0.3) is 11.3 Å². The Kier molecular flexibility index (Phi) is 5.38. The third-order valence-electron chi connectivity index (χ3n) is 4.83. The Morgan fingerprint density at radius 2 is 1.34 bits per heavy atom. The summed E-state index contributed by atoms with van der Waals surface area (Å²) in [7, 11) is 0. The summed E-state index contributed by atoms with van der Waals surface area (Å²) in [5.74, 6) is 0.515. The molecule has 4 rings (SSSR count). The van der Waals surface area contributed by atoms with E-state index in [-0.39, 0.29) is 10.6 Å². The summed E-state index contributed by atoms with van der Waals surface area (Å²) in [5, 5.41) is 15.1. The Bertz CT molecular complexity index is 1090. The standard InChI is InChI=1S/C24H21N3O2/c28-27(29)23-16-22(21-14-8-3-9-15-21)26(18-20-12-6-2-7-13-20)24(23)25-17-19-10-4-1-5-11-19/h1-16,25H,17-18H2. The van der Waals surface area contributed by atoms with Crippen LogP contribution in [-0.2, 0) is 13.1 Å². The molecule has 0 aliphatic heterocycles. The molecule has 144 valence electrons. The van der Waals surface area contributed by atoms with Gasteiger partial charge in [0.25, 0.3) is 0 Å². The first-order valence-corrected chi connectivity index (χ1v) is 9.47. The monoisotopic (exact) mass is 383 g/mol. The molecule has 0 unspecified atom stereocenters. The minimum absolute atomic E-state index is 0.0794. The predicted octanol–water partition coefficient (Wildman–Crippen LogP) is 5.72. The molecule has 0 bridgehead atoms. The van der Waals surface area contributed by atoms with E-state index in [1.165, 1.54) is 0 Å². The average Bonchev–Trinajstić information content (AvgIpc) is 3.13. The van der Waals surface area contributed by atoms with Crippen LogP contribution < -0.4 is 5.32 Å². The van der Waals surface area contributed by atoms with Gasteiger partial charge in [-0.05, 0) is 16.7 Å². The molecule has 0 aliphatic rings. The number of hydrogen-bond acceptors (Lipinski definition) is 3. The molecule has 1 N–H and O–H groups in total. The number of nitro groups is 1. The zero-order chi connectivity index (χ0) is 20.1. The van der Waals surface area contributed by atoms with Crippen LogP contribution in [-0.4, -0.2) is 9.49 Å². The third kappa shape index (κ3) is 4.19. The molecule has 5 nitrogen and oxygen atoms in total. The van der Waals surface area contributed by atoms with E-state index in [4.69, 9.17) is 0 Å². The lowest BCUT2D eigenvalue weighted by Gasteiger charge is -2.15. The summed E-state index contributed by atoms with van der Waals surface area (Å²) in [6, 6.07) is 31.3. The van der Waals surface area contributed by atoms with Crippen molar-refractivity contribution in [2.24, 2.45) is 0 Å². The first-order valence-electron chi connectivity index (χ1n) is 9.47. The van der Waals surface area contributed by atoms with Crippen LogP contribution in [0.5, 0.6) is 0 Å². The summed E-state index contributed by atoms with van der Waals surface area (Å²) in [5.41, 5.74) is 3.99. The highest BCUT2D eigenvalue weighted by Gasteiger charge is 2.24. The van der Waals surface area contributed by atoms with Crippen molar-refractivity contribution in [3.63, 3.8) is 0 Å². The van der Waals surface area contributed by atoms with Crippen molar-refractivity contribution in [1.82, 2.24) is 4.57 Å². The van der Waals surface area contributed by atoms with Crippen molar-refractivity contribution in [3.05, 3.63) is 118 Å². The van der Waals surface area contributed by atoms with Crippen LogP contribution in [0.1, 0.15) is 11.1 Å². The van der Waals surface area contributed by atoms with Gasteiger partial charge < -0.3 is 9.88 Å². The quantitative estimate of drug-likeness (QED) is 0.328. The fraction of sp³-hybridized carbons (Fsp3) is 0.0833. The summed E-state index contributed by atoms with van der Waals surface area (Å²) >= 11 is 0. The second-order valence-electron chi connectivity index (χ2n) is 6.80. The molecule has 3 aromatic carbocycles. The van der Waals surface area contributed by atoms with Crippen LogP contribution in [0.15, 0.2) is 97.1 Å². The van der Waals surface area contributed by atoms with Gasteiger partial charge in [-0.15, -0.1) is 0 Å². The topological polar surface area (TPSA) is 60.1 Å². The van der Waals surface area contributed by atoms with E-state index in [1.807, 2.05) is 95.6 Å². The van der Waals surface area contributed by atoms with Crippen molar-refractivity contribution < 1.29 is 4.92 Å². The van der Waals surface area contributed by atoms with Gasteiger partial charge in [0.15, 0.2) is 5.82 Å². The molecule has 1 heterocycles. The van der Waals surface area contributed by atoms with Gasteiger partial charge in [0.05, 0.1) is 10.6 Å². The smallest absolute Gasteiger partial charge is 0.311 e. The molecule has 0 aliphatic carbocycles. The number of nitrogens with zero attached hydrogens (tertiary/aromatic N) is 2. The maximum atomic E-state index is 11.8. The van der Waals surface area contributed by atoms with E-state index < -0.39 is 0 Å². The number of hydrogen-bond donors (Lipinski definition) is 1. The fourth-order valence-corrected chi connectivity index (χ4v) is 3.42. The third-order valence-corrected chi connectivity index (χ3v) is 4.83. The molecule has 29 heavy (non-hydrogen) atoms. The maximum Gasteiger partial charge on any atom is 0.311 e. The van der Waals surface area contributed by atoms with Crippen LogP contribution >= 0.6 is 0 Å². The van der Waals surface area contributed by atoms with E-state index in [9.17, 15) is 10.1 Å². The van der Waals surface area contributed by atoms with Crippen LogP contribution in [0.3, 0.4) is 0 Å². The Morgan fingerprint density at radius 3 is 1.93 bits per heavy atom. The lowest BCUT2D eigenvalue weighted by atomic mass is 10.1. The minimum Gasteiger partial charge on any atom is -0.362 e. The van der Waals surface area contributed by atoms with Crippen molar-refractivity contribution >= 4 is 11.5 Å². The minimum atomic E-state index is -0.318. The zero-order valence-electron chi connectivity index (χ0n) is 15.9. The number of aromatic nitrogens is 1. The second kappa shape index (κ2) is 8.44. The highest BCUT2D eigenvalue weighted by molar-refractivity contribution is 5.73. The number of nitrogens with one attached hydrogen (secondary N) is 1. The Labute approximate surface area is 169 Å². The number of benzene rings is 3. The molecule has 0 saturated carbocycles. The largest absolute Gasteiger partial charge is 0.362 e. The maximum absolute atomic E-state index is 11.8. The van der Waals surface area contributed by atoms with Crippen molar-refractivity contribution in [2.75, 3.05) is 5.32 Å². The molecule has 4 aromatic rings. The van der Waals surface area contributed by atoms with E-state index in [1.54, 1.807) is 6.07 Å². The summed E-state index contributed by atoms with van der Waals surface area (Å²) in [6.45, 7) is 1.05. The van der Waals surface area contributed by atoms with E-state index in [0.29, 0.717) is 18.9 Å². The van der Waals surface area contributed by atoms with E-state index >= 15 is 0 Å². The Hall–Kier alpha value is -3.86. The van der Waals surface area contributed by atoms with Crippen LogP contribution in [0, 0.1) is 10.1 Å². The van der Waals surface area contributed by atoms with Gasteiger partial charge in [0, 0.05) is 19.2 Å². The molecular weight excluding hydrogens is 362 g/mol. The Balaban J connectivity index is 1.79. The molecule has 0 atom stereocenters. The highest BCUT2D eigenvalue weighted by atomic mass is 16.6. The molecule has 0 radical (unpaired) electrons.